The number of ether oxygens (including phenoxy) is 1. The minimum absolute atomic E-state index is 0. The lowest BCUT2D eigenvalue weighted by molar-refractivity contribution is -0.127. The van der Waals surface area contributed by atoms with Crippen LogP contribution < -0.4 is 4.90 Å². The Morgan fingerprint density at radius 1 is 1.00 bits per heavy atom. The summed E-state index contributed by atoms with van der Waals surface area (Å²) in [6.45, 7) is 12.6. The van der Waals surface area contributed by atoms with Gasteiger partial charge >= 0.3 is 0 Å². The maximum atomic E-state index is 12.8. The van der Waals surface area contributed by atoms with E-state index in [1.54, 1.807) is 6.92 Å². The van der Waals surface area contributed by atoms with Crippen LogP contribution >= 0.6 is 0 Å². The monoisotopic (exact) mass is 593 g/mol. The van der Waals surface area contributed by atoms with Crippen molar-refractivity contribution in [1.29, 1.82) is 0 Å². The number of benzene rings is 2. The normalized spacial score (nSPS) is 19.9. The van der Waals surface area contributed by atoms with Gasteiger partial charge in [0.25, 0.3) is 0 Å². The zero-order valence-corrected chi connectivity index (χ0v) is 26.8. The fraction of sp³-hybridized carbons (Fsp3) is 0.605. The first-order valence-electron chi connectivity index (χ1n) is 16.5. The molecule has 0 spiro atoms. The fourth-order valence-corrected chi connectivity index (χ4v) is 6.50. The average molecular weight is 594 g/mol. The minimum Gasteiger partial charge on any atom is -0.371 e. The third-order valence-electron chi connectivity index (χ3n) is 8.93. The molecule has 2 heterocycles. The molecule has 5 rings (SSSR count). The summed E-state index contributed by atoms with van der Waals surface area (Å²) in [5.74, 6) is 1.57. The Morgan fingerprint density at radius 3 is 2.30 bits per heavy atom. The quantitative estimate of drug-likeness (QED) is 0.271. The molecule has 2 aromatic carbocycles. The molecule has 1 saturated carbocycles. The molecule has 0 amide bonds. The standard InChI is InChI=1S/C26H31NO3.C9H16O.C2H6.CH4.H2/c1-18-6-3-4-7-24(18)27-13-11-20(12-14-27)23-10-9-21(19(2)28)16-22(23)17-25(29)26-8-5-15-30-26;1-2-3-5-8-6-4-7-9(8)10;1-2;;/h3-4,6-7,9-10,16,20,26H,5,8,11-15,17H2,1-2H3;8H,2-7H2,1H3;1-2H3;1H4;1H. The first-order chi connectivity index (χ1) is 20.4. The number of carbonyl (C=O) groups excluding carboxylic acids is 3. The number of carbonyl (C=O) groups is 3. The number of aryl methyl sites for hydroxylation is 1. The number of hydrogen-bond donors (Lipinski definition) is 0. The smallest absolute Gasteiger partial charge is 0.165 e. The van der Waals surface area contributed by atoms with E-state index in [-0.39, 0.29) is 26.5 Å². The lowest BCUT2D eigenvalue weighted by Crippen LogP contribution is -2.33. The van der Waals surface area contributed by atoms with Crippen molar-refractivity contribution in [3.05, 3.63) is 64.7 Å². The molecule has 5 heteroatoms. The number of ketones is 3. The zero-order chi connectivity index (χ0) is 30.5. The van der Waals surface area contributed by atoms with Crippen molar-refractivity contribution in [3.63, 3.8) is 0 Å². The second-order valence-electron chi connectivity index (χ2n) is 11.9. The lowest BCUT2D eigenvalue weighted by atomic mass is 9.83. The van der Waals surface area contributed by atoms with Crippen molar-refractivity contribution in [2.75, 3.05) is 24.6 Å². The molecule has 1 aliphatic carbocycles. The summed E-state index contributed by atoms with van der Waals surface area (Å²) in [6, 6.07) is 14.5. The van der Waals surface area contributed by atoms with Crippen LogP contribution in [0.4, 0.5) is 5.69 Å². The predicted molar refractivity (Wildman–Crippen MR) is 182 cm³/mol. The second-order valence-corrected chi connectivity index (χ2v) is 11.9. The van der Waals surface area contributed by atoms with Gasteiger partial charge in [-0.15, -0.1) is 0 Å². The number of Topliss-reactive ketones (excluding diaryl/α,β-unsaturated/α-hetero) is 3. The number of anilines is 1. The van der Waals surface area contributed by atoms with E-state index in [0.717, 1.165) is 63.6 Å². The maximum absolute atomic E-state index is 12.8. The van der Waals surface area contributed by atoms with Crippen LogP contribution in [-0.4, -0.2) is 43.2 Å². The number of para-hydroxylation sites is 1. The Balaban J connectivity index is 0.000000589. The van der Waals surface area contributed by atoms with Crippen molar-refractivity contribution in [1.82, 2.24) is 0 Å². The molecule has 2 saturated heterocycles. The second kappa shape index (κ2) is 18.8. The van der Waals surface area contributed by atoms with E-state index in [4.69, 9.17) is 4.74 Å². The summed E-state index contributed by atoms with van der Waals surface area (Å²) in [5, 5.41) is 0. The van der Waals surface area contributed by atoms with E-state index in [0.29, 0.717) is 36.2 Å². The van der Waals surface area contributed by atoms with E-state index < -0.39 is 0 Å². The summed E-state index contributed by atoms with van der Waals surface area (Å²) in [4.78, 5) is 38.3. The molecule has 2 unspecified atom stereocenters. The summed E-state index contributed by atoms with van der Waals surface area (Å²) < 4.78 is 5.60. The van der Waals surface area contributed by atoms with Crippen molar-refractivity contribution < 1.29 is 20.5 Å². The molecule has 2 aliphatic heterocycles. The van der Waals surface area contributed by atoms with Crippen LogP contribution in [0.15, 0.2) is 42.5 Å². The highest BCUT2D eigenvalue weighted by Gasteiger charge is 2.28. The summed E-state index contributed by atoms with van der Waals surface area (Å²) in [7, 11) is 0. The van der Waals surface area contributed by atoms with Gasteiger partial charge in [0.2, 0.25) is 0 Å². The van der Waals surface area contributed by atoms with E-state index in [2.05, 4.69) is 49.1 Å². The minimum atomic E-state index is -0.276. The van der Waals surface area contributed by atoms with Crippen molar-refractivity contribution in [2.45, 2.75) is 125 Å². The molecule has 3 aliphatic rings. The first kappa shape index (κ1) is 36.4. The van der Waals surface area contributed by atoms with Crippen molar-refractivity contribution in [2.24, 2.45) is 5.92 Å². The molecule has 240 valence electrons. The van der Waals surface area contributed by atoms with Gasteiger partial charge in [-0.3, -0.25) is 14.4 Å². The first-order valence-corrected chi connectivity index (χ1v) is 16.5. The lowest BCUT2D eigenvalue weighted by Gasteiger charge is -2.35. The molecular formula is C38H59NO4. The highest BCUT2D eigenvalue weighted by molar-refractivity contribution is 5.95. The van der Waals surface area contributed by atoms with E-state index >= 15 is 0 Å². The SMILES string of the molecule is C.CC.CC(=O)c1ccc(C2CCN(c3ccccc3C)CC2)c(CC(=O)C2CCCO2)c1.CCCCC1CCCC1=O.[HH]. The Kier molecular flexibility index (Phi) is 15.9. The average Bonchev–Trinajstić information content (AvgIpc) is 3.70. The largest absolute Gasteiger partial charge is 0.371 e. The fourth-order valence-electron chi connectivity index (χ4n) is 6.50. The van der Waals surface area contributed by atoms with Gasteiger partial charge in [-0.2, -0.15) is 0 Å². The molecule has 0 bridgehead atoms. The van der Waals surface area contributed by atoms with Crippen molar-refractivity contribution >= 4 is 23.0 Å². The molecule has 0 aromatic heterocycles. The highest BCUT2D eigenvalue weighted by Crippen LogP contribution is 2.34. The van der Waals surface area contributed by atoms with Gasteiger partial charge < -0.3 is 9.64 Å². The van der Waals surface area contributed by atoms with E-state index in [1.807, 2.05) is 26.0 Å². The van der Waals surface area contributed by atoms with E-state index in [1.165, 1.54) is 36.1 Å². The topological polar surface area (TPSA) is 63.7 Å². The van der Waals surface area contributed by atoms with Crippen LogP contribution in [0, 0.1) is 12.8 Å². The Bertz CT molecular complexity index is 1170. The van der Waals surface area contributed by atoms with Gasteiger partial charge in [-0.05, 0) is 93.5 Å². The summed E-state index contributed by atoms with van der Waals surface area (Å²) in [6.07, 6.45) is 10.7. The van der Waals surface area contributed by atoms with E-state index in [9.17, 15) is 14.4 Å². The molecule has 0 N–H and O–H groups in total. The van der Waals surface area contributed by atoms with Gasteiger partial charge in [0.05, 0.1) is 0 Å². The molecule has 5 nitrogen and oxygen atoms in total. The van der Waals surface area contributed by atoms with Gasteiger partial charge in [0.15, 0.2) is 11.6 Å². The zero-order valence-electron chi connectivity index (χ0n) is 26.8. The number of hydrogen-bond acceptors (Lipinski definition) is 5. The molecule has 2 aromatic rings. The van der Waals surface area contributed by atoms with Gasteiger partial charge in [-0.1, -0.05) is 71.4 Å². The van der Waals surface area contributed by atoms with Gasteiger partial charge in [0.1, 0.15) is 11.9 Å². The summed E-state index contributed by atoms with van der Waals surface area (Å²) >= 11 is 0. The number of rotatable bonds is 9. The van der Waals surface area contributed by atoms with Crippen LogP contribution in [-0.2, 0) is 20.7 Å². The third kappa shape index (κ3) is 10.4. The molecular weight excluding hydrogens is 534 g/mol. The summed E-state index contributed by atoms with van der Waals surface area (Å²) in [5.41, 5.74) is 5.56. The Labute approximate surface area is 263 Å². The number of unbranched alkanes of at least 4 members (excludes halogenated alkanes) is 1. The number of nitrogens with zero attached hydrogens (tertiary/aromatic N) is 1. The van der Waals surface area contributed by atoms with Gasteiger partial charge in [0, 0.05) is 51.1 Å². The molecule has 43 heavy (non-hydrogen) atoms. The van der Waals surface area contributed by atoms with Crippen LogP contribution in [0.5, 0.6) is 0 Å². The number of piperidine rings is 1. The Morgan fingerprint density at radius 2 is 1.72 bits per heavy atom. The molecule has 2 atom stereocenters. The van der Waals surface area contributed by atoms with Crippen LogP contribution in [0.25, 0.3) is 0 Å². The van der Waals surface area contributed by atoms with Crippen LogP contribution in [0.2, 0.25) is 0 Å². The Hall–Kier alpha value is -2.79. The van der Waals surface area contributed by atoms with Crippen molar-refractivity contribution in [3.8, 4) is 0 Å². The van der Waals surface area contributed by atoms with Gasteiger partial charge in [-0.25, -0.2) is 0 Å². The third-order valence-corrected chi connectivity index (χ3v) is 8.93. The predicted octanol–water partition coefficient (Wildman–Crippen LogP) is 9.33. The molecule has 3 fully saturated rings. The maximum Gasteiger partial charge on any atom is 0.165 e. The highest BCUT2D eigenvalue weighted by atomic mass is 16.5. The van der Waals surface area contributed by atoms with Crippen LogP contribution in [0.3, 0.4) is 0 Å². The molecule has 0 radical (unpaired) electrons. The van der Waals surface area contributed by atoms with Crippen LogP contribution in [0.1, 0.15) is 134 Å².